The quantitative estimate of drug-likeness (QED) is 0.606. The number of aryl methyl sites for hydroxylation is 1. The molecule has 0 saturated carbocycles. The molecule has 0 spiro atoms. The van der Waals surface area contributed by atoms with Gasteiger partial charge in [0.15, 0.2) is 5.03 Å². The number of hydrogen-bond acceptors (Lipinski definition) is 5. The van der Waals surface area contributed by atoms with Gasteiger partial charge in [0.1, 0.15) is 5.82 Å². The number of carbonyl (C=O) groups excluding carboxylic acids is 1. The van der Waals surface area contributed by atoms with Crippen molar-refractivity contribution in [1.29, 1.82) is 0 Å². The Hall–Kier alpha value is -2.72. The summed E-state index contributed by atoms with van der Waals surface area (Å²) in [5, 5.41) is 2.93. The van der Waals surface area contributed by atoms with Gasteiger partial charge in [0, 0.05) is 25.3 Å². The number of imidazole rings is 2. The van der Waals surface area contributed by atoms with Gasteiger partial charge in [-0.15, -0.1) is 0 Å². The molecule has 1 atom stereocenters. The number of carbonyl (C=O) groups is 1. The lowest BCUT2D eigenvalue weighted by atomic mass is 9.99. The van der Waals surface area contributed by atoms with Gasteiger partial charge in [0.25, 0.3) is 10.0 Å². The number of hydrogen-bond donors (Lipinski definition) is 2. The first kappa shape index (κ1) is 21.5. The third-order valence-corrected chi connectivity index (χ3v) is 7.40. The van der Waals surface area contributed by atoms with Crippen molar-refractivity contribution in [2.75, 3.05) is 13.1 Å². The lowest BCUT2D eigenvalue weighted by Gasteiger charge is -2.30. The fraction of sp³-hybridized carbons (Fsp3) is 0.476. The summed E-state index contributed by atoms with van der Waals surface area (Å²) in [4.78, 5) is 24.5. The minimum atomic E-state index is -3.73. The van der Waals surface area contributed by atoms with Crippen LogP contribution in [-0.4, -0.2) is 51.2 Å². The van der Waals surface area contributed by atoms with Gasteiger partial charge >= 0.3 is 0 Å². The number of amides is 1. The second kappa shape index (κ2) is 8.43. The summed E-state index contributed by atoms with van der Waals surface area (Å²) < 4.78 is 29.1. The van der Waals surface area contributed by atoms with Crippen LogP contribution in [0.15, 0.2) is 35.7 Å². The van der Waals surface area contributed by atoms with Gasteiger partial charge in [-0.25, -0.2) is 18.4 Å². The maximum Gasteiger partial charge on any atom is 0.262 e. The fourth-order valence-corrected chi connectivity index (χ4v) is 5.26. The molecule has 0 unspecified atom stereocenters. The van der Waals surface area contributed by atoms with Crippen molar-refractivity contribution in [2.45, 2.75) is 51.2 Å². The Kier molecular flexibility index (Phi) is 5.85. The Morgan fingerprint density at radius 1 is 1.35 bits per heavy atom. The van der Waals surface area contributed by atoms with Crippen molar-refractivity contribution in [1.82, 2.24) is 29.1 Å². The molecule has 1 amide bonds. The van der Waals surface area contributed by atoms with E-state index in [4.69, 9.17) is 0 Å². The molecular weight excluding hydrogens is 416 g/mol. The van der Waals surface area contributed by atoms with Crippen molar-refractivity contribution in [2.24, 2.45) is 5.92 Å². The highest BCUT2D eigenvalue weighted by Gasteiger charge is 2.34. The van der Waals surface area contributed by atoms with E-state index in [-0.39, 0.29) is 30.1 Å². The van der Waals surface area contributed by atoms with Crippen LogP contribution in [0.3, 0.4) is 0 Å². The molecule has 2 N–H and O–H groups in total. The number of aromatic nitrogens is 4. The maximum atomic E-state index is 13.0. The molecule has 10 heteroatoms. The highest BCUT2D eigenvalue weighted by Crippen LogP contribution is 2.24. The fourth-order valence-electron chi connectivity index (χ4n) is 3.82. The molecular formula is C21H28N6O3S. The number of sulfonamides is 1. The van der Waals surface area contributed by atoms with Gasteiger partial charge in [0.05, 0.1) is 29.8 Å². The second-order valence-electron chi connectivity index (χ2n) is 8.38. The van der Waals surface area contributed by atoms with Crippen LogP contribution in [0.2, 0.25) is 0 Å². The molecule has 9 nitrogen and oxygen atoms in total. The van der Waals surface area contributed by atoms with Crippen LogP contribution in [0.25, 0.3) is 11.0 Å². The van der Waals surface area contributed by atoms with Crippen LogP contribution in [0.1, 0.15) is 44.1 Å². The number of rotatable bonds is 6. The second-order valence-corrected chi connectivity index (χ2v) is 10.3. The van der Waals surface area contributed by atoms with Crippen molar-refractivity contribution >= 4 is 27.0 Å². The summed E-state index contributed by atoms with van der Waals surface area (Å²) >= 11 is 0. The SMILES string of the molecule is Cc1ccc2nc(CNC(=O)[C@H]3CCCN(S(=O)(=O)c4cn(C(C)C)cn4)C3)[nH]c2c1. The van der Waals surface area contributed by atoms with E-state index in [0.717, 1.165) is 16.6 Å². The predicted octanol–water partition coefficient (Wildman–Crippen LogP) is 2.37. The van der Waals surface area contributed by atoms with Crippen LogP contribution in [0.4, 0.5) is 0 Å². The predicted molar refractivity (Wildman–Crippen MR) is 117 cm³/mol. The van der Waals surface area contributed by atoms with E-state index < -0.39 is 15.9 Å². The van der Waals surface area contributed by atoms with Gasteiger partial charge in [-0.05, 0) is 51.3 Å². The standard InChI is InChI=1S/C21H28N6O3S/c1-14(2)26-12-20(23-13-26)31(29,30)27-8-4-5-16(11-27)21(28)22-10-19-24-17-7-6-15(3)9-18(17)25-19/h6-7,9,12-14,16H,4-5,8,10-11H2,1-3H3,(H,22,28)(H,24,25)/t16-/m0/s1. The van der Waals surface area contributed by atoms with E-state index in [1.54, 1.807) is 10.8 Å². The normalized spacial score (nSPS) is 18.0. The molecule has 0 aliphatic carbocycles. The monoisotopic (exact) mass is 444 g/mol. The zero-order valence-corrected chi connectivity index (χ0v) is 18.8. The number of piperidine rings is 1. The average Bonchev–Trinajstić information content (AvgIpc) is 3.39. The molecule has 31 heavy (non-hydrogen) atoms. The molecule has 2 aromatic heterocycles. The van der Waals surface area contributed by atoms with Gasteiger partial charge in [-0.3, -0.25) is 4.79 Å². The van der Waals surface area contributed by atoms with Gasteiger partial charge in [-0.1, -0.05) is 6.07 Å². The number of H-pyrrole nitrogens is 1. The molecule has 166 valence electrons. The number of aromatic amines is 1. The molecule has 1 aromatic carbocycles. The number of nitrogens with one attached hydrogen (secondary N) is 2. The van der Waals surface area contributed by atoms with Crippen molar-refractivity contribution in [3.8, 4) is 0 Å². The number of fused-ring (bicyclic) bond motifs is 1. The van der Waals surface area contributed by atoms with Gasteiger partial charge < -0.3 is 14.9 Å². The topological polar surface area (TPSA) is 113 Å². The molecule has 1 aliphatic rings. The number of benzene rings is 1. The van der Waals surface area contributed by atoms with E-state index in [2.05, 4.69) is 20.3 Å². The Morgan fingerprint density at radius 3 is 2.90 bits per heavy atom. The zero-order valence-electron chi connectivity index (χ0n) is 18.0. The molecule has 4 rings (SSSR count). The van der Waals surface area contributed by atoms with E-state index in [0.29, 0.717) is 25.2 Å². The summed E-state index contributed by atoms with van der Waals surface area (Å²) in [5.74, 6) is 0.111. The minimum Gasteiger partial charge on any atom is -0.349 e. The molecule has 3 aromatic rings. The molecule has 1 aliphatic heterocycles. The largest absolute Gasteiger partial charge is 0.349 e. The lowest BCUT2D eigenvalue weighted by Crippen LogP contribution is -2.45. The van der Waals surface area contributed by atoms with Crippen molar-refractivity contribution in [3.63, 3.8) is 0 Å². The highest BCUT2D eigenvalue weighted by molar-refractivity contribution is 7.89. The Bertz CT molecular complexity index is 1200. The van der Waals surface area contributed by atoms with Gasteiger partial charge in [0.2, 0.25) is 5.91 Å². The minimum absolute atomic E-state index is 0.0276. The first-order chi connectivity index (χ1) is 14.7. The lowest BCUT2D eigenvalue weighted by molar-refractivity contribution is -0.126. The summed E-state index contributed by atoms with van der Waals surface area (Å²) in [6.07, 6.45) is 4.36. The maximum absolute atomic E-state index is 13.0. The Morgan fingerprint density at radius 2 is 2.16 bits per heavy atom. The Labute approximate surface area is 181 Å². The summed E-state index contributed by atoms with van der Waals surface area (Å²) in [6, 6.07) is 6.07. The van der Waals surface area contributed by atoms with Crippen molar-refractivity contribution in [3.05, 3.63) is 42.1 Å². The van der Waals surface area contributed by atoms with Crippen LogP contribution >= 0.6 is 0 Å². The Balaban J connectivity index is 1.40. The van der Waals surface area contributed by atoms with Crippen LogP contribution in [0, 0.1) is 12.8 Å². The smallest absolute Gasteiger partial charge is 0.262 e. The van der Waals surface area contributed by atoms with Crippen LogP contribution in [-0.2, 0) is 21.4 Å². The molecule has 0 radical (unpaired) electrons. The summed E-state index contributed by atoms with van der Waals surface area (Å²) in [5.41, 5.74) is 2.92. The molecule has 3 heterocycles. The van der Waals surface area contributed by atoms with E-state index in [1.165, 1.54) is 10.6 Å². The third kappa shape index (κ3) is 4.49. The highest BCUT2D eigenvalue weighted by atomic mass is 32.2. The molecule has 1 fully saturated rings. The number of nitrogens with zero attached hydrogens (tertiary/aromatic N) is 4. The average molecular weight is 445 g/mol. The molecule has 0 bridgehead atoms. The van der Waals surface area contributed by atoms with Crippen LogP contribution < -0.4 is 5.32 Å². The summed E-state index contributed by atoms with van der Waals surface area (Å²) in [7, 11) is -3.73. The third-order valence-electron chi connectivity index (χ3n) is 5.65. The van der Waals surface area contributed by atoms with E-state index in [9.17, 15) is 13.2 Å². The van der Waals surface area contributed by atoms with Gasteiger partial charge in [-0.2, -0.15) is 4.31 Å². The first-order valence-electron chi connectivity index (χ1n) is 10.5. The zero-order chi connectivity index (χ0) is 22.2. The first-order valence-corrected chi connectivity index (χ1v) is 11.9. The van der Waals surface area contributed by atoms with Crippen molar-refractivity contribution < 1.29 is 13.2 Å². The van der Waals surface area contributed by atoms with E-state index >= 15 is 0 Å². The summed E-state index contributed by atoms with van der Waals surface area (Å²) in [6.45, 7) is 6.75. The van der Waals surface area contributed by atoms with E-state index in [1.807, 2.05) is 39.0 Å². The van der Waals surface area contributed by atoms with Crippen LogP contribution in [0.5, 0.6) is 0 Å². The molecule has 1 saturated heterocycles.